The van der Waals surface area contributed by atoms with Crippen LogP contribution in [-0.2, 0) is 6.54 Å². The molecule has 2 aliphatic rings. The van der Waals surface area contributed by atoms with E-state index >= 15 is 0 Å². The summed E-state index contributed by atoms with van der Waals surface area (Å²) in [5.74, 6) is 1.44. The number of halogens is 1. The van der Waals surface area contributed by atoms with Crippen molar-refractivity contribution >= 4 is 11.6 Å². The molecule has 1 saturated carbocycles. The molecule has 1 heterocycles. The van der Waals surface area contributed by atoms with Crippen molar-refractivity contribution in [1.29, 1.82) is 0 Å². The molecule has 1 aliphatic carbocycles. The van der Waals surface area contributed by atoms with Gasteiger partial charge in [-0.3, -0.25) is 0 Å². The predicted octanol–water partition coefficient (Wildman–Crippen LogP) is 3.10. The van der Waals surface area contributed by atoms with Crippen molar-refractivity contribution in [2.24, 2.45) is 0 Å². The van der Waals surface area contributed by atoms with E-state index in [1.165, 1.54) is 25.7 Å². The van der Waals surface area contributed by atoms with Crippen molar-refractivity contribution in [1.82, 2.24) is 5.32 Å². The van der Waals surface area contributed by atoms with Gasteiger partial charge in [0.15, 0.2) is 11.5 Å². The van der Waals surface area contributed by atoms with E-state index in [1.807, 2.05) is 12.1 Å². The number of fused-ring (bicyclic) bond motifs is 1. The van der Waals surface area contributed by atoms with Gasteiger partial charge in [0.25, 0.3) is 0 Å². The Morgan fingerprint density at radius 3 is 2.88 bits per heavy atom. The first-order valence-electron chi connectivity index (χ1n) is 6.14. The molecule has 0 bridgehead atoms. The smallest absolute Gasteiger partial charge is 0.231 e. The topological polar surface area (TPSA) is 30.5 Å². The Hall–Kier alpha value is -0.930. The number of benzene rings is 1. The van der Waals surface area contributed by atoms with E-state index in [4.69, 9.17) is 21.1 Å². The van der Waals surface area contributed by atoms with E-state index in [2.05, 4.69) is 5.32 Å². The zero-order valence-electron chi connectivity index (χ0n) is 9.67. The van der Waals surface area contributed by atoms with Crippen LogP contribution in [-0.4, -0.2) is 12.8 Å². The van der Waals surface area contributed by atoms with Gasteiger partial charge in [-0.1, -0.05) is 24.4 Å². The maximum atomic E-state index is 6.14. The van der Waals surface area contributed by atoms with Crippen LogP contribution in [0.15, 0.2) is 12.1 Å². The Morgan fingerprint density at radius 2 is 2.06 bits per heavy atom. The molecule has 0 unspecified atom stereocenters. The van der Waals surface area contributed by atoms with Crippen LogP contribution in [0.2, 0.25) is 5.02 Å². The molecule has 0 atom stereocenters. The minimum absolute atomic E-state index is 0.272. The van der Waals surface area contributed by atoms with Crippen molar-refractivity contribution in [3.05, 3.63) is 22.7 Å². The molecule has 1 aromatic rings. The lowest BCUT2D eigenvalue weighted by molar-refractivity contribution is 0.174. The minimum atomic E-state index is 0.272. The van der Waals surface area contributed by atoms with Crippen LogP contribution in [0.5, 0.6) is 11.5 Å². The first-order valence-corrected chi connectivity index (χ1v) is 6.52. The highest BCUT2D eigenvalue weighted by Crippen LogP contribution is 2.39. The molecule has 0 amide bonds. The monoisotopic (exact) mass is 253 g/mol. The molecule has 3 rings (SSSR count). The SMILES string of the molecule is Clc1cc(CNC2CCCC2)cc2c1OCO2. The lowest BCUT2D eigenvalue weighted by Gasteiger charge is -2.12. The summed E-state index contributed by atoms with van der Waals surface area (Å²) in [5, 5.41) is 4.20. The van der Waals surface area contributed by atoms with Gasteiger partial charge in [0, 0.05) is 12.6 Å². The maximum Gasteiger partial charge on any atom is 0.231 e. The highest BCUT2D eigenvalue weighted by molar-refractivity contribution is 6.32. The highest BCUT2D eigenvalue weighted by atomic mass is 35.5. The van der Waals surface area contributed by atoms with Crippen LogP contribution < -0.4 is 14.8 Å². The lowest BCUT2D eigenvalue weighted by atomic mass is 10.1. The van der Waals surface area contributed by atoms with Gasteiger partial charge in [0.05, 0.1) is 5.02 Å². The van der Waals surface area contributed by atoms with Crippen LogP contribution in [0.1, 0.15) is 31.2 Å². The molecule has 0 saturated heterocycles. The quantitative estimate of drug-likeness (QED) is 0.898. The van der Waals surface area contributed by atoms with Crippen molar-refractivity contribution < 1.29 is 9.47 Å². The fourth-order valence-corrected chi connectivity index (χ4v) is 2.80. The zero-order valence-corrected chi connectivity index (χ0v) is 10.4. The van der Waals surface area contributed by atoms with Gasteiger partial charge < -0.3 is 14.8 Å². The average molecular weight is 254 g/mol. The van der Waals surface area contributed by atoms with Crippen LogP contribution in [0.3, 0.4) is 0 Å². The summed E-state index contributed by atoms with van der Waals surface area (Å²) in [4.78, 5) is 0. The van der Waals surface area contributed by atoms with E-state index in [0.717, 1.165) is 17.9 Å². The second-order valence-electron chi connectivity index (χ2n) is 4.67. The molecule has 1 aliphatic heterocycles. The standard InChI is InChI=1S/C13H16ClNO2/c14-11-5-9(6-12-13(11)17-8-16-12)7-15-10-3-1-2-4-10/h5-6,10,15H,1-4,7-8H2. The van der Waals surface area contributed by atoms with Crippen molar-refractivity contribution in [3.63, 3.8) is 0 Å². The summed E-state index contributed by atoms with van der Waals surface area (Å²) >= 11 is 6.14. The van der Waals surface area contributed by atoms with Crippen LogP contribution in [0.25, 0.3) is 0 Å². The molecule has 1 N–H and O–H groups in total. The van der Waals surface area contributed by atoms with Crippen molar-refractivity contribution in [3.8, 4) is 11.5 Å². The molecule has 0 radical (unpaired) electrons. The predicted molar refractivity (Wildman–Crippen MR) is 66.7 cm³/mol. The molecule has 4 heteroatoms. The summed E-state index contributed by atoms with van der Waals surface area (Å²) < 4.78 is 10.6. The van der Waals surface area contributed by atoms with Crippen LogP contribution in [0.4, 0.5) is 0 Å². The van der Waals surface area contributed by atoms with E-state index in [-0.39, 0.29) is 6.79 Å². The average Bonchev–Trinajstić information content (AvgIpc) is 2.97. The summed E-state index contributed by atoms with van der Waals surface area (Å²) in [6, 6.07) is 4.63. The summed E-state index contributed by atoms with van der Waals surface area (Å²) in [5.41, 5.74) is 1.16. The minimum Gasteiger partial charge on any atom is -0.454 e. The molecular formula is C13H16ClNO2. The number of hydrogen-bond acceptors (Lipinski definition) is 3. The van der Waals surface area contributed by atoms with Crippen molar-refractivity contribution in [2.45, 2.75) is 38.3 Å². The van der Waals surface area contributed by atoms with Gasteiger partial charge in [0.1, 0.15) is 0 Å². The largest absolute Gasteiger partial charge is 0.454 e. The highest BCUT2D eigenvalue weighted by Gasteiger charge is 2.19. The van der Waals surface area contributed by atoms with Crippen LogP contribution >= 0.6 is 11.6 Å². The van der Waals surface area contributed by atoms with Gasteiger partial charge >= 0.3 is 0 Å². The molecule has 1 aromatic carbocycles. The molecule has 3 nitrogen and oxygen atoms in total. The number of ether oxygens (including phenoxy) is 2. The third-order valence-electron chi connectivity index (χ3n) is 3.44. The Kier molecular flexibility index (Phi) is 3.12. The fourth-order valence-electron chi connectivity index (χ4n) is 2.51. The fraction of sp³-hybridized carbons (Fsp3) is 0.538. The van der Waals surface area contributed by atoms with Gasteiger partial charge in [-0.2, -0.15) is 0 Å². The number of nitrogens with one attached hydrogen (secondary N) is 1. The van der Waals surface area contributed by atoms with Gasteiger partial charge in [-0.25, -0.2) is 0 Å². The summed E-state index contributed by atoms with van der Waals surface area (Å²) in [6.07, 6.45) is 5.27. The molecular weight excluding hydrogens is 238 g/mol. The third kappa shape index (κ3) is 2.35. The first-order chi connectivity index (χ1) is 8.33. The summed E-state index contributed by atoms with van der Waals surface area (Å²) in [7, 11) is 0. The Balaban J connectivity index is 1.68. The van der Waals surface area contributed by atoms with E-state index in [1.54, 1.807) is 0 Å². The van der Waals surface area contributed by atoms with Gasteiger partial charge in [-0.05, 0) is 30.5 Å². The Bertz CT molecular complexity index is 416. The van der Waals surface area contributed by atoms with Gasteiger partial charge in [-0.15, -0.1) is 0 Å². The second-order valence-corrected chi connectivity index (χ2v) is 5.08. The van der Waals surface area contributed by atoms with Crippen molar-refractivity contribution in [2.75, 3.05) is 6.79 Å². The molecule has 1 fully saturated rings. The Labute approximate surface area is 106 Å². The Morgan fingerprint density at radius 1 is 1.24 bits per heavy atom. The molecule has 0 spiro atoms. The van der Waals surface area contributed by atoms with E-state index in [0.29, 0.717) is 16.8 Å². The van der Waals surface area contributed by atoms with Crippen LogP contribution in [0, 0.1) is 0 Å². The molecule has 17 heavy (non-hydrogen) atoms. The number of rotatable bonds is 3. The normalized spacial score (nSPS) is 18.9. The zero-order chi connectivity index (χ0) is 11.7. The summed E-state index contributed by atoms with van der Waals surface area (Å²) in [6.45, 7) is 1.12. The van der Waals surface area contributed by atoms with Gasteiger partial charge in [0.2, 0.25) is 6.79 Å². The molecule has 0 aromatic heterocycles. The van der Waals surface area contributed by atoms with E-state index < -0.39 is 0 Å². The van der Waals surface area contributed by atoms with E-state index in [9.17, 15) is 0 Å². The maximum absolute atomic E-state index is 6.14. The first kappa shape index (κ1) is 11.2. The lowest BCUT2D eigenvalue weighted by Crippen LogP contribution is -2.25. The number of hydrogen-bond donors (Lipinski definition) is 1. The third-order valence-corrected chi connectivity index (χ3v) is 3.72. The molecule has 92 valence electrons. The second kappa shape index (κ2) is 4.75.